The summed E-state index contributed by atoms with van der Waals surface area (Å²) >= 11 is 0. The highest BCUT2D eigenvalue weighted by atomic mass is 16.5. The fraction of sp³-hybridized carbons (Fsp3) is 0.261. The van der Waals surface area contributed by atoms with E-state index >= 15 is 0 Å². The molecule has 0 amide bonds. The zero-order chi connectivity index (χ0) is 22.4. The van der Waals surface area contributed by atoms with Crippen molar-refractivity contribution >= 4 is 17.3 Å². The summed E-state index contributed by atoms with van der Waals surface area (Å²) in [5.74, 6) is 0.132. The predicted molar refractivity (Wildman–Crippen MR) is 121 cm³/mol. The standard InChI is InChI=1S/C23H26N4O4/c1-3-13-27-21(24)20(22(29)25-23(27)30)19(28)15-26(14-16-7-5-4-6-8-16)17-9-11-18(31-2)12-10-17/h4-12H,3,13-15,24H2,1-2H3,(H,25,29,30). The highest BCUT2D eigenvalue weighted by Crippen LogP contribution is 2.22. The number of hydrogen-bond acceptors (Lipinski definition) is 6. The predicted octanol–water partition coefficient (Wildman–Crippen LogP) is 2.43. The third-order valence-electron chi connectivity index (χ3n) is 4.95. The zero-order valence-corrected chi connectivity index (χ0v) is 17.6. The average molecular weight is 422 g/mol. The van der Waals surface area contributed by atoms with Gasteiger partial charge in [-0.1, -0.05) is 37.3 Å². The minimum absolute atomic E-state index is 0.0845. The van der Waals surface area contributed by atoms with E-state index in [4.69, 9.17) is 10.5 Å². The van der Waals surface area contributed by atoms with Gasteiger partial charge < -0.3 is 15.4 Å². The van der Waals surface area contributed by atoms with Gasteiger partial charge in [-0.05, 0) is 36.2 Å². The molecule has 2 aromatic carbocycles. The number of hydrogen-bond donors (Lipinski definition) is 2. The molecule has 0 unspecified atom stereocenters. The van der Waals surface area contributed by atoms with Gasteiger partial charge in [-0.3, -0.25) is 19.1 Å². The van der Waals surface area contributed by atoms with Crippen LogP contribution < -0.4 is 26.6 Å². The van der Waals surface area contributed by atoms with E-state index < -0.39 is 17.0 Å². The van der Waals surface area contributed by atoms with Crippen LogP contribution in [0.5, 0.6) is 5.75 Å². The summed E-state index contributed by atoms with van der Waals surface area (Å²) in [6.07, 6.45) is 0.635. The molecule has 31 heavy (non-hydrogen) atoms. The molecule has 3 aromatic rings. The van der Waals surface area contributed by atoms with Crippen LogP contribution in [-0.2, 0) is 13.1 Å². The van der Waals surface area contributed by atoms with E-state index in [1.807, 2.05) is 54.3 Å². The second-order valence-corrected chi connectivity index (χ2v) is 7.13. The van der Waals surface area contributed by atoms with Gasteiger partial charge in [0.2, 0.25) is 0 Å². The molecule has 0 radical (unpaired) electrons. The van der Waals surface area contributed by atoms with E-state index in [9.17, 15) is 14.4 Å². The van der Waals surface area contributed by atoms with Gasteiger partial charge in [-0.15, -0.1) is 0 Å². The monoisotopic (exact) mass is 422 g/mol. The minimum atomic E-state index is -0.769. The quantitative estimate of drug-likeness (QED) is 0.513. The minimum Gasteiger partial charge on any atom is -0.497 e. The lowest BCUT2D eigenvalue weighted by atomic mass is 10.1. The fourth-order valence-electron chi connectivity index (χ4n) is 3.39. The Morgan fingerprint density at radius 3 is 2.39 bits per heavy atom. The molecule has 0 aliphatic rings. The molecule has 0 bridgehead atoms. The number of anilines is 2. The van der Waals surface area contributed by atoms with Crippen molar-refractivity contribution in [1.29, 1.82) is 0 Å². The van der Waals surface area contributed by atoms with Crippen molar-refractivity contribution in [2.45, 2.75) is 26.4 Å². The average Bonchev–Trinajstić information content (AvgIpc) is 2.77. The largest absolute Gasteiger partial charge is 0.497 e. The molecule has 1 aromatic heterocycles. The Morgan fingerprint density at radius 2 is 1.77 bits per heavy atom. The molecule has 0 atom stereocenters. The molecule has 0 saturated carbocycles. The third-order valence-corrected chi connectivity index (χ3v) is 4.95. The topological polar surface area (TPSA) is 110 Å². The number of carbonyl (C=O) groups excluding carboxylic acids is 1. The molecule has 3 rings (SSSR count). The van der Waals surface area contributed by atoms with E-state index in [0.717, 1.165) is 11.3 Å². The lowest BCUT2D eigenvalue weighted by Crippen LogP contribution is -2.39. The summed E-state index contributed by atoms with van der Waals surface area (Å²) < 4.78 is 6.44. The van der Waals surface area contributed by atoms with Gasteiger partial charge in [0.05, 0.1) is 13.7 Å². The number of ketones is 1. The van der Waals surface area contributed by atoms with Gasteiger partial charge in [-0.25, -0.2) is 4.79 Å². The SMILES string of the molecule is CCCn1c(N)c(C(=O)CN(Cc2ccccc2)c2ccc(OC)cc2)c(=O)[nH]c1=O. The van der Waals surface area contributed by atoms with E-state index in [2.05, 4.69) is 4.98 Å². The number of benzene rings is 2. The van der Waals surface area contributed by atoms with Gasteiger partial charge in [-0.2, -0.15) is 0 Å². The van der Waals surface area contributed by atoms with Crippen LogP contribution in [0.3, 0.4) is 0 Å². The Hall–Kier alpha value is -3.81. The Balaban J connectivity index is 1.97. The normalized spacial score (nSPS) is 10.6. The molecule has 0 spiro atoms. The zero-order valence-electron chi connectivity index (χ0n) is 17.6. The number of nitrogens with two attached hydrogens (primary N) is 1. The first-order chi connectivity index (χ1) is 14.9. The number of nitrogens with one attached hydrogen (secondary N) is 1. The number of Topliss-reactive ketones (excluding diaryl/α,β-unsaturated/α-hetero) is 1. The van der Waals surface area contributed by atoms with Crippen molar-refractivity contribution in [2.75, 3.05) is 24.3 Å². The van der Waals surface area contributed by atoms with E-state index in [0.29, 0.717) is 25.3 Å². The lowest BCUT2D eigenvalue weighted by molar-refractivity contribution is 0.0997. The first-order valence-electron chi connectivity index (χ1n) is 10.0. The van der Waals surface area contributed by atoms with Crippen molar-refractivity contribution in [3.63, 3.8) is 0 Å². The Morgan fingerprint density at radius 1 is 1.10 bits per heavy atom. The molecule has 162 valence electrons. The van der Waals surface area contributed by atoms with Crippen LogP contribution in [0.1, 0.15) is 29.3 Å². The molecule has 0 aliphatic heterocycles. The van der Waals surface area contributed by atoms with Crippen LogP contribution >= 0.6 is 0 Å². The Bertz CT molecular complexity index is 1150. The first-order valence-corrected chi connectivity index (χ1v) is 10.0. The molecule has 0 aliphatic carbocycles. The summed E-state index contributed by atoms with van der Waals surface area (Å²) in [7, 11) is 1.58. The van der Waals surface area contributed by atoms with Crippen LogP contribution in [0.2, 0.25) is 0 Å². The Labute approximate surface area is 179 Å². The number of aromatic nitrogens is 2. The Kier molecular flexibility index (Phi) is 6.92. The summed E-state index contributed by atoms with van der Waals surface area (Å²) in [5, 5.41) is 0. The molecule has 0 fully saturated rings. The number of nitrogen functional groups attached to an aromatic ring is 1. The van der Waals surface area contributed by atoms with Gasteiger partial charge in [0.1, 0.15) is 17.1 Å². The van der Waals surface area contributed by atoms with Crippen molar-refractivity contribution in [2.24, 2.45) is 0 Å². The van der Waals surface area contributed by atoms with E-state index in [1.165, 1.54) is 4.57 Å². The number of nitrogens with zero attached hydrogens (tertiary/aromatic N) is 2. The van der Waals surface area contributed by atoms with Crippen LogP contribution in [0, 0.1) is 0 Å². The second-order valence-electron chi connectivity index (χ2n) is 7.13. The molecule has 3 N–H and O–H groups in total. The van der Waals surface area contributed by atoms with Crippen LogP contribution in [0.25, 0.3) is 0 Å². The van der Waals surface area contributed by atoms with Gasteiger partial charge in [0, 0.05) is 18.8 Å². The third kappa shape index (κ3) is 5.03. The number of aromatic amines is 1. The maximum Gasteiger partial charge on any atom is 0.329 e. The molecule has 8 nitrogen and oxygen atoms in total. The lowest BCUT2D eigenvalue weighted by Gasteiger charge is -2.25. The van der Waals surface area contributed by atoms with Gasteiger partial charge >= 0.3 is 5.69 Å². The highest BCUT2D eigenvalue weighted by molar-refractivity contribution is 6.02. The van der Waals surface area contributed by atoms with Crippen LogP contribution in [0.4, 0.5) is 11.5 Å². The highest BCUT2D eigenvalue weighted by Gasteiger charge is 2.22. The number of ether oxygens (including phenoxy) is 1. The molecule has 8 heteroatoms. The summed E-state index contributed by atoms with van der Waals surface area (Å²) in [4.78, 5) is 41.7. The van der Waals surface area contributed by atoms with Crippen LogP contribution in [0.15, 0.2) is 64.2 Å². The van der Waals surface area contributed by atoms with Gasteiger partial charge in [0.25, 0.3) is 5.56 Å². The number of rotatable bonds is 9. The van der Waals surface area contributed by atoms with Crippen molar-refractivity contribution in [1.82, 2.24) is 9.55 Å². The van der Waals surface area contributed by atoms with Crippen molar-refractivity contribution < 1.29 is 9.53 Å². The molecular weight excluding hydrogens is 396 g/mol. The van der Waals surface area contributed by atoms with Crippen molar-refractivity contribution in [3.8, 4) is 5.75 Å². The first kappa shape index (κ1) is 21.9. The summed E-state index contributed by atoms with van der Waals surface area (Å²) in [5.41, 5.74) is 6.28. The van der Waals surface area contributed by atoms with E-state index in [1.54, 1.807) is 19.2 Å². The molecule has 0 saturated heterocycles. The second kappa shape index (κ2) is 9.80. The van der Waals surface area contributed by atoms with Crippen molar-refractivity contribution in [3.05, 3.63) is 86.6 Å². The maximum atomic E-state index is 13.2. The van der Waals surface area contributed by atoms with E-state index in [-0.39, 0.29) is 17.9 Å². The number of methoxy groups -OCH3 is 1. The number of H-pyrrole nitrogens is 1. The van der Waals surface area contributed by atoms with Gasteiger partial charge in [0.15, 0.2) is 5.78 Å². The summed E-state index contributed by atoms with van der Waals surface area (Å²) in [6, 6.07) is 17.0. The fourth-order valence-corrected chi connectivity index (χ4v) is 3.39. The molecular formula is C23H26N4O4. The number of carbonyl (C=O) groups is 1. The maximum absolute atomic E-state index is 13.2. The summed E-state index contributed by atoms with van der Waals surface area (Å²) in [6.45, 7) is 2.56. The van der Waals surface area contributed by atoms with Crippen LogP contribution in [-0.4, -0.2) is 29.0 Å². The smallest absolute Gasteiger partial charge is 0.329 e. The molecule has 1 heterocycles.